The van der Waals surface area contributed by atoms with Crippen molar-refractivity contribution in [3.05, 3.63) is 54.2 Å². The van der Waals surface area contributed by atoms with Gasteiger partial charge in [0.1, 0.15) is 18.1 Å². The van der Waals surface area contributed by atoms with Gasteiger partial charge in [0.2, 0.25) is 5.82 Å². The highest BCUT2D eigenvalue weighted by molar-refractivity contribution is 5.91. The van der Waals surface area contributed by atoms with E-state index >= 15 is 0 Å². The number of amides is 1. The first-order valence-electron chi connectivity index (χ1n) is 10.5. The van der Waals surface area contributed by atoms with E-state index in [9.17, 15) is 18.0 Å². The van der Waals surface area contributed by atoms with Gasteiger partial charge in [-0.15, -0.1) is 0 Å². The van der Waals surface area contributed by atoms with Crippen LogP contribution in [0.25, 0.3) is 17.0 Å². The van der Waals surface area contributed by atoms with E-state index in [2.05, 4.69) is 35.0 Å². The molecule has 14 heteroatoms. The van der Waals surface area contributed by atoms with Crippen LogP contribution in [0.15, 0.2) is 47.2 Å². The minimum Gasteiger partial charge on any atom is -0.444 e. The smallest absolute Gasteiger partial charge is 0.444 e. The molecule has 0 aliphatic carbocycles. The lowest BCUT2D eigenvalue weighted by atomic mass is 10.2. The van der Waals surface area contributed by atoms with Crippen LogP contribution in [-0.4, -0.2) is 57.1 Å². The van der Waals surface area contributed by atoms with Gasteiger partial charge in [-0.1, -0.05) is 11.2 Å². The summed E-state index contributed by atoms with van der Waals surface area (Å²) in [4.78, 5) is 22.3. The van der Waals surface area contributed by atoms with Crippen LogP contribution in [0.1, 0.15) is 11.5 Å². The molecule has 11 nitrogen and oxygen atoms in total. The Kier molecular flexibility index (Phi) is 5.94. The predicted molar refractivity (Wildman–Crippen MR) is 115 cm³/mol. The Morgan fingerprint density at radius 1 is 1.14 bits per heavy atom. The summed E-state index contributed by atoms with van der Waals surface area (Å²) in [5.41, 5.74) is 1.58. The lowest BCUT2D eigenvalue weighted by Crippen LogP contribution is -2.36. The maximum atomic E-state index is 12.8. The third-order valence-electron chi connectivity index (χ3n) is 5.20. The number of carbonyl (C=O) groups is 1. The molecule has 0 atom stereocenters. The fraction of sp³-hybridized carbons (Fsp3) is 0.286. The fourth-order valence-electron chi connectivity index (χ4n) is 3.51. The monoisotopic (exact) mass is 489 g/mol. The summed E-state index contributed by atoms with van der Waals surface area (Å²) in [6, 6.07) is 8.15. The van der Waals surface area contributed by atoms with Crippen molar-refractivity contribution in [3.8, 4) is 11.5 Å². The normalized spacial score (nSPS) is 14.3. The van der Waals surface area contributed by atoms with Crippen molar-refractivity contribution in [1.82, 2.24) is 24.7 Å². The molecule has 0 spiro atoms. The number of anilines is 2. The number of rotatable bonds is 5. The minimum absolute atomic E-state index is 0.00106. The molecule has 0 unspecified atom stereocenters. The second kappa shape index (κ2) is 9.21. The number of halogens is 3. The quantitative estimate of drug-likeness (QED) is 0.450. The minimum atomic E-state index is -4.77. The first-order valence-corrected chi connectivity index (χ1v) is 10.5. The van der Waals surface area contributed by atoms with Crippen LogP contribution in [0.4, 0.5) is 29.5 Å². The number of ether oxygens (including phenoxy) is 2. The number of alkyl halides is 3. The van der Waals surface area contributed by atoms with Crippen LogP contribution < -0.4 is 10.2 Å². The number of hydrogen-bond acceptors (Lipinski definition) is 9. The van der Waals surface area contributed by atoms with Crippen LogP contribution >= 0.6 is 0 Å². The lowest BCUT2D eigenvalue weighted by molar-refractivity contribution is -0.159. The van der Waals surface area contributed by atoms with Gasteiger partial charge in [0.05, 0.1) is 30.6 Å². The molecule has 35 heavy (non-hydrogen) atoms. The molecule has 0 radical (unpaired) electrons. The number of nitrogens with zero attached hydrogens (tertiary/aromatic N) is 6. The Morgan fingerprint density at radius 2 is 1.97 bits per heavy atom. The number of nitrogens with one attached hydrogen (secondary N) is 1. The Labute approximate surface area is 195 Å². The summed E-state index contributed by atoms with van der Waals surface area (Å²) in [5.74, 6) is -0.937. The average Bonchev–Trinajstić information content (AvgIpc) is 3.55. The molecule has 1 saturated heterocycles. The summed E-state index contributed by atoms with van der Waals surface area (Å²) in [6.45, 7) is 2.84. The van der Waals surface area contributed by atoms with Crippen LogP contribution in [-0.2, 0) is 22.3 Å². The number of aromatic nitrogens is 5. The zero-order valence-electron chi connectivity index (χ0n) is 18.0. The molecule has 1 amide bonds. The molecule has 1 aliphatic heterocycles. The highest BCUT2D eigenvalue weighted by Gasteiger charge is 2.38. The fourth-order valence-corrected chi connectivity index (χ4v) is 3.51. The van der Waals surface area contributed by atoms with E-state index in [1.807, 2.05) is 12.1 Å². The SMILES string of the molecule is O=C(Nc1ccc(-c2noc(C(F)(F)F)n2)n2nccc12)OCc1ccc(N2CCOCC2)nc1. The first-order chi connectivity index (χ1) is 16.9. The molecule has 1 fully saturated rings. The molecule has 182 valence electrons. The van der Waals surface area contributed by atoms with Gasteiger partial charge in [0, 0.05) is 24.8 Å². The average molecular weight is 489 g/mol. The largest absolute Gasteiger partial charge is 0.471 e. The van der Waals surface area contributed by atoms with Gasteiger partial charge in [-0.2, -0.15) is 23.3 Å². The molecule has 4 aromatic rings. The van der Waals surface area contributed by atoms with Crippen LogP contribution in [0.5, 0.6) is 0 Å². The van der Waals surface area contributed by atoms with Crippen molar-refractivity contribution >= 4 is 23.1 Å². The van der Waals surface area contributed by atoms with Gasteiger partial charge in [-0.3, -0.25) is 5.32 Å². The predicted octanol–water partition coefficient (Wildman–Crippen LogP) is 3.38. The summed E-state index contributed by atoms with van der Waals surface area (Å²) < 4.78 is 54.6. The van der Waals surface area contributed by atoms with Crippen molar-refractivity contribution in [2.45, 2.75) is 12.8 Å². The van der Waals surface area contributed by atoms with E-state index in [1.54, 1.807) is 12.3 Å². The van der Waals surface area contributed by atoms with E-state index in [1.165, 1.54) is 22.8 Å². The van der Waals surface area contributed by atoms with Gasteiger partial charge in [-0.25, -0.2) is 14.3 Å². The molecule has 0 aromatic carbocycles. The first kappa shape index (κ1) is 22.6. The van der Waals surface area contributed by atoms with E-state index < -0.39 is 18.2 Å². The third kappa shape index (κ3) is 4.87. The van der Waals surface area contributed by atoms with Gasteiger partial charge in [0.25, 0.3) is 0 Å². The number of pyridine rings is 2. The number of morpholine rings is 1. The topological polar surface area (TPSA) is 120 Å². The Morgan fingerprint density at radius 3 is 2.69 bits per heavy atom. The van der Waals surface area contributed by atoms with E-state index in [0.29, 0.717) is 30.0 Å². The van der Waals surface area contributed by atoms with Crippen molar-refractivity contribution in [2.24, 2.45) is 0 Å². The maximum absolute atomic E-state index is 12.8. The number of fused-ring (bicyclic) bond motifs is 1. The van der Waals surface area contributed by atoms with E-state index in [0.717, 1.165) is 18.9 Å². The highest BCUT2D eigenvalue weighted by atomic mass is 19.4. The molecular formula is C21H18F3N7O4. The molecular weight excluding hydrogens is 471 g/mol. The van der Waals surface area contributed by atoms with E-state index in [4.69, 9.17) is 9.47 Å². The van der Waals surface area contributed by atoms with Gasteiger partial charge >= 0.3 is 18.2 Å². The standard InChI is InChI=1S/C21H18F3N7O4/c22-21(23,24)19-28-18(29-35-19)16-3-2-14(15-5-6-26-31(15)16)27-20(32)34-12-13-1-4-17(25-11-13)30-7-9-33-10-8-30/h1-6,11H,7-10,12H2,(H,27,32). The van der Waals surface area contributed by atoms with Gasteiger partial charge < -0.3 is 18.9 Å². The summed E-state index contributed by atoms with van der Waals surface area (Å²) in [5, 5.41) is 10.1. The Bertz CT molecular complexity index is 1330. The molecule has 1 aliphatic rings. The van der Waals surface area contributed by atoms with Crippen LogP contribution in [0.2, 0.25) is 0 Å². The summed E-state index contributed by atoms with van der Waals surface area (Å²) in [7, 11) is 0. The van der Waals surface area contributed by atoms with Gasteiger partial charge in [0.15, 0.2) is 0 Å². The third-order valence-corrected chi connectivity index (χ3v) is 5.20. The van der Waals surface area contributed by atoms with Crippen LogP contribution in [0, 0.1) is 0 Å². The zero-order chi connectivity index (χ0) is 24.4. The van der Waals surface area contributed by atoms with Gasteiger partial charge in [-0.05, 0) is 24.3 Å². The summed E-state index contributed by atoms with van der Waals surface area (Å²) in [6.07, 6.45) is -2.43. The molecule has 5 rings (SSSR count). The maximum Gasteiger partial charge on any atom is 0.471 e. The highest BCUT2D eigenvalue weighted by Crippen LogP contribution is 2.30. The Hall–Kier alpha value is -4.20. The number of hydrogen-bond donors (Lipinski definition) is 1. The molecule has 4 aromatic heterocycles. The van der Waals surface area contributed by atoms with E-state index in [-0.39, 0.29) is 18.1 Å². The van der Waals surface area contributed by atoms with Crippen LogP contribution in [0.3, 0.4) is 0 Å². The van der Waals surface area contributed by atoms with Crippen molar-refractivity contribution in [3.63, 3.8) is 0 Å². The molecule has 0 saturated carbocycles. The van der Waals surface area contributed by atoms with Crippen molar-refractivity contribution in [2.75, 3.05) is 36.5 Å². The zero-order valence-corrected chi connectivity index (χ0v) is 18.0. The number of carbonyl (C=O) groups excluding carboxylic acids is 1. The molecule has 5 heterocycles. The molecule has 1 N–H and O–H groups in total. The molecule has 0 bridgehead atoms. The second-order valence-corrected chi connectivity index (χ2v) is 7.51. The van der Waals surface area contributed by atoms with Crippen molar-refractivity contribution < 1.29 is 32.0 Å². The van der Waals surface area contributed by atoms with Crippen molar-refractivity contribution in [1.29, 1.82) is 0 Å². The Balaban J connectivity index is 1.24. The lowest BCUT2D eigenvalue weighted by Gasteiger charge is -2.27. The summed E-state index contributed by atoms with van der Waals surface area (Å²) >= 11 is 0. The second-order valence-electron chi connectivity index (χ2n) is 7.51.